The molecule has 0 aliphatic rings. The van der Waals surface area contributed by atoms with E-state index in [0.717, 1.165) is 22.2 Å². The molecule has 0 N–H and O–H groups in total. The Morgan fingerprint density at radius 3 is 2.71 bits per heavy atom. The van der Waals surface area contributed by atoms with E-state index in [4.69, 9.17) is 0 Å². The molecule has 17 heavy (non-hydrogen) atoms. The molecule has 86 valence electrons. The number of benzene rings is 1. The van der Waals surface area contributed by atoms with Gasteiger partial charge in [-0.25, -0.2) is 0 Å². The van der Waals surface area contributed by atoms with Crippen LogP contribution < -0.4 is 0 Å². The van der Waals surface area contributed by atoms with Gasteiger partial charge in [0.2, 0.25) is 0 Å². The van der Waals surface area contributed by atoms with Gasteiger partial charge in [-0.05, 0) is 37.8 Å². The second-order valence-electron chi connectivity index (χ2n) is 3.96. The number of aromatic nitrogens is 1. The minimum absolute atomic E-state index is 0.814. The number of rotatable bonds is 2. The fourth-order valence-corrected chi connectivity index (χ4v) is 2.05. The summed E-state index contributed by atoms with van der Waals surface area (Å²) < 4.78 is 0. The lowest BCUT2D eigenvalue weighted by atomic mass is 9.97. The zero-order valence-corrected chi connectivity index (χ0v) is 10.4. The summed E-state index contributed by atoms with van der Waals surface area (Å²) in [4.78, 5) is 12.6. The molecule has 2 aromatic rings. The molecule has 1 aromatic carbocycles. The zero-order chi connectivity index (χ0) is 12.4. The first kappa shape index (κ1) is 11.5. The number of nitrogens with zero attached hydrogens (tertiary/aromatic N) is 3. The lowest BCUT2D eigenvalue weighted by Gasteiger charge is -2.12. The molecule has 1 aromatic heterocycles. The lowest BCUT2D eigenvalue weighted by molar-refractivity contribution is 1.31. The van der Waals surface area contributed by atoms with Crippen molar-refractivity contribution in [1.29, 1.82) is 0 Å². The predicted molar refractivity (Wildman–Crippen MR) is 73.9 cm³/mol. The lowest BCUT2D eigenvalue weighted by Crippen LogP contribution is -1.95. The smallest absolute Gasteiger partial charge is 0.0975 e. The molecular formula is C14H15N3. The van der Waals surface area contributed by atoms with Crippen LogP contribution in [0.1, 0.15) is 16.7 Å². The topological polar surface area (TPSA) is 37.6 Å². The van der Waals surface area contributed by atoms with Crippen LogP contribution in [0, 0.1) is 13.8 Å². The predicted octanol–water partition coefficient (Wildman–Crippen LogP) is 3.23. The minimum Gasteiger partial charge on any atom is -0.296 e. The highest BCUT2D eigenvalue weighted by Crippen LogP contribution is 2.33. The molecule has 1 heterocycles. The molecule has 0 amide bonds. The Bertz CT molecular complexity index is 612. The average molecular weight is 225 g/mol. The number of fused-ring (bicyclic) bond motifs is 1. The molecule has 2 rings (SSSR count). The van der Waals surface area contributed by atoms with Gasteiger partial charge in [-0.2, -0.15) is 0 Å². The first-order chi connectivity index (χ1) is 8.20. The number of hydrogen-bond donors (Lipinski definition) is 0. The van der Waals surface area contributed by atoms with Gasteiger partial charge in [-0.3, -0.25) is 15.0 Å². The highest BCUT2D eigenvalue weighted by molar-refractivity contribution is 6.03. The maximum Gasteiger partial charge on any atom is 0.0975 e. The number of aryl methyl sites for hydroxylation is 1. The Morgan fingerprint density at radius 1 is 1.29 bits per heavy atom. The van der Waals surface area contributed by atoms with Crippen LogP contribution in [0.4, 0.5) is 5.69 Å². The normalized spacial score (nSPS) is 11.2. The highest BCUT2D eigenvalue weighted by atomic mass is 14.8. The van der Waals surface area contributed by atoms with E-state index in [1.165, 1.54) is 11.1 Å². The molecular weight excluding hydrogens is 210 g/mol. The summed E-state index contributed by atoms with van der Waals surface area (Å²) in [6, 6.07) is 4.00. The quantitative estimate of drug-likeness (QED) is 0.723. The second kappa shape index (κ2) is 4.45. The number of pyridine rings is 1. The van der Waals surface area contributed by atoms with E-state index < -0.39 is 0 Å². The zero-order valence-electron chi connectivity index (χ0n) is 10.4. The van der Waals surface area contributed by atoms with Gasteiger partial charge in [0.05, 0.1) is 11.2 Å². The van der Waals surface area contributed by atoms with Crippen LogP contribution in [0.3, 0.4) is 0 Å². The third-order valence-corrected chi connectivity index (χ3v) is 3.07. The molecule has 3 heteroatoms. The number of aliphatic imine (C=N–C) groups is 2. The Morgan fingerprint density at radius 2 is 2.06 bits per heavy atom. The average Bonchev–Trinajstić information content (AvgIpc) is 2.36. The van der Waals surface area contributed by atoms with E-state index in [-0.39, 0.29) is 0 Å². The molecule has 0 unspecified atom stereocenters. The third-order valence-electron chi connectivity index (χ3n) is 3.07. The van der Waals surface area contributed by atoms with E-state index in [1.807, 2.05) is 12.3 Å². The van der Waals surface area contributed by atoms with Crippen molar-refractivity contribution in [2.75, 3.05) is 7.05 Å². The standard InChI is InChI=1S/C14H15N3/c1-9-10(2)12(8-15-3)13(16-4)14-11(9)6-5-7-17-14/h5-8H,4H2,1-3H3/b15-8-. The van der Waals surface area contributed by atoms with Gasteiger partial charge in [-0.15, -0.1) is 0 Å². The van der Waals surface area contributed by atoms with Crippen LogP contribution in [-0.2, 0) is 0 Å². The van der Waals surface area contributed by atoms with Crippen molar-refractivity contribution in [3.05, 3.63) is 35.0 Å². The van der Waals surface area contributed by atoms with Gasteiger partial charge in [0, 0.05) is 30.4 Å². The number of hydrogen-bond acceptors (Lipinski definition) is 3. The largest absolute Gasteiger partial charge is 0.296 e. The molecule has 0 bridgehead atoms. The van der Waals surface area contributed by atoms with Crippen LogP contribution in [-0.4, -0.2) is 25.0 Å². The third kappa shape index (κ3) is 1.73. The van der Waals surface area contributed by atoms with E-state index in [2.05, 4.69) is 41.6 Å². The second-order valence-corrected chi connectivity index (χ2v) is 3.96. The van der Waals surface area contributed by atoms with Gasteiger partial charge >= 0.3 is 0 Å². The van der Waals surface area contributed by atoms with Gasteiger partial charge in [-0.1, -0.05) is 6.07 Å². The summed E-state index contributed by atoms with van der Waals surface area (Å²) in [6.45, 7) is 7.82. The maximum absolute atomic E-state index is 4.40. The summed E-state index contributed by atoms with van der Waals surface area (Å²) in [7, 11) is 1.75. The molecule has 0 radical (unpaired) electrons. The van der Waals surface area contributed by atoms with Crippen molar-refractivity contribution in [3.8, 4) is 0 Å². The van der Waals surface area contributed by atoms with Crippen molar-refractivity contribution in [2.45, 2.75) is 13.8 Å². The molecule has 3 nitrogen and oxygen atoms in total. The summed E-state index contributed by atoms with van der Waals surface area (Å²) in [5, 5.41) is 1.13. The minimum atomic E-state index is 0.814. The summed E-state index contributed by atoms with van der Waals surface area (Å²) in [6.07, 6.45) is 3.60. The van der Waals surface area contributed by atoms with Crippen molar-refractivity contribution in [3.63, 3.8) is 0 Å². The molecule has 0 fully saturated rings. The van der Waals surface area contributed by atoms with Crippen LogP contribution in [0.5, 0.6) is 0 Å². The monoisotopic (exact) mass is 225 g/mol. The maximum atomic E-state index is 4.40. The van der Waals surface area contributed by atoms with Crippen molar-refractivity contribution in [2.24, 2.45) is 9.98 Å². The van der Waals surface area contributed by atoms with E-state index in [1.54, 1.807) is 13.2 Å². The molecule has 0 atom stereocenters. The Kier molecular flexibility index (Phi) is 3.00. The Balaban J connectivity index is 3.00. The summed E-state index contributed by atoms with van der Waals surface area (Å²) >= 11 is 0. The van der Waals surface area contributed by atoms with Gasteiger partial charge in [0.1, 0.15) is 0 Å². The first-order valence-electron chi connectivity index (χ1n) is 5.47. The molecule has 0 saturated carbocycles. The van der Waals surface area contributed by atoms with Crippen LogP contribution in [0.25, 0.3) is 10.9 Å². The van der Waals surface area contributed by atoms with E-state index in [0.29, 0.717) is 0 Å². The van der Waals surface area contributed by atoms with E-state index >= 15 is 0 Å². The van der Waals surface area contributed by atoms with Crippen molar-refractivity contribution in [1.82, 2.24) is 4.98 Å². The SMILES string of the molecule is C=Nc1c(/C=N\C)c(C)c(C)c2cccnc12. The van der Waals surface area contributed by atoms with Gasteiger partial charge in [0.15, 0.2) is 0 Å². The van der Waals surface area contributed by atoms with Gasteiger partial charge in [0.25, 0.3) is 0 Å². The summed E-state index contributed by atoms with van der Waals surface area (Å²) in [5.41, 5.74) is 5.11. The molecule has 0 aliphatic heterocycles. The van der Waals surface area contributed by atoms with Crippen molar-refractivity contribution < 1.29 is 0 Å². The fraction of sp³-hybridized carbons (Fsp3) is 0.214. The molecule has 0 aliphatic carbocycles. The first-order valence-corrected chi connectivity index (χ1v) is 5.47. The Hall–Kier alpha value is -2.03. The van der Waals surface area contributed by atoms with Crippen LogP contribution >= 0.6 is 0 Å². The van der Waals surface area contributed by atoms with Crippen LogP contribution in [0.2, 0.25) is 0 Å². The van der Waals surface area contributed by atoms with Gasteiger partial charge < -0.3 is 0 Å². The highest BCUT2D eigenvalue weighted by Gasteiger charge is 2.12. The fourth-order valence-electron chi connectivity index (χ4n) is 2.05. The molecule has 0 saturated heterocycles. The Labute approximate surface area is 101 Å². The van der Waals surface area contributed by atoms with E-state index in [9.17, 15) is 0 Å². The summed E-state index contributed by atoms with van der Waals surface area (Å²) in [5.74, 6) is 0. The van der Waals surface area contributed by atoms with Crippen LogP contribution in [0.15, 0.2) is 28.3 Å². The molecule has 0 spiro atoms. The van der Waals surface area contributed by atoms with Crippen molar-refractivity contribution >= 4 is 29.5 Å².